The Bertz CT molecular complexity index is 1150. The minimum atomic E-state index is 0.218. The number of benzene rings is 3. The number of rotatable bonds is 8. The Balaban J connectivity index is 1.06. The Labute approximate surface area is 197 Å². The van der Waals surface area contributed by atoms with Crippen LogP contribution >= 0.6 is 0 Å². The number of nitrogens with zero attached hydrogens (tertiary/aromatic N) is 2. The summed E-state index contributed by atoms with van der Waals surface area (Å²) in [6.45, 7) is 3.62. The van der Waals surface area contributed by atoms with Crippen molar-refractivity contribution in [3.8, 4) is 0 Å². The molecule has 0 bridgehead atoms. The van der Waals surface area contributed by atoms with Crippen molar-refractivity contribution >= 4 is 27.7 Å². The quantitative estimate of drug-likeness (QED) is 0.270. The first-order chi connectivity index (χ1) is 16.3. The molecule has 1 aromatic heterocycles. The van der Waals surface area contributed by atoms with E-state index in [4.69, 9.17) is 0 Å². The Morgan fingerprint density at radius 1 is 0.697 bits per heavy atom. The van der Waals surface area contributed by atoms with E-state index < -0.39 is 0 Å². The molecule has 3 nitrogen and oxygen atoms in total. The van der Waals surface area contributed by atoms with Gasteiger partial charge in [-0.2, -0.15) is 0 Å². The molecule has 2 heterocycles. The van der Waals surface area contributed by atoms with Crippen molar-refractivity contribution in [1.29, 1.82) is 0 Å². The second-order valence-electron chi connectivity index (χ2n) is 9.45. The first-order valence-corrected chi connectivity index (χ1v) is 12.6. The highest BCUT2D eigenvalue weighted by atomic mass is 16.2. The number of carbonyl (C=O) groups excluding carboxylic acids is 1. The van der Waals surface area contributed by atoms with Gasteiger partial charge in [0.25, 0.3) is 0 Å². The molecular weight excluding hydrogens is 404 g/mol. The Morgan fingerprint density at radius 2 is 1.27 bits per heavy atom. The summed E-state index contributed by atoms with van der Waals surface area (Å²) in [5.74, 6) is 0.949. The van der Waals surface area contributed by atoms with E-state index in [-0.39, 0.29) is 5.91 Å². The zero-order chi connectivity index (χ0) is 22.5. The van der Waals surface area contributed by atoms with Gasteiger partial charge in [0.2, 0.25) is 5.91 Å². The van der Waals surface area contributed by atoms with Crippen molar-refractivity contribution in [2.75, 3.05) is 19.6 Å². The number of likely N-dealkylation sites (tertiary alicyclic amines) is 1. The molecule has 1 fully saturated rings. The van der Waals surface area contributed by atoms with Crippen LogP contribution in [0.25, 0.3) is 21.8 Å². The smallest absolute Gasteiger partial charge is 0.231 e. The molecule has 3 aromatic carbocycles. The van der Waals surface area contributed by atoms with Crippen LogP contribution < -0.4 is 0 Å². The van der Waals surface area contributed by atoms with E-state index in [2.05, 4.69) is 59.5 Å². The molecule has 33 heavy (non-hydrogen) atoms. The number of hydrogen-bond acceptors (Lipinski definition) is 2. The highest BCUT2D eigenvalue weighted by molar-refractivity contribution is 6.13. The average Bonchev–Trinajstić information content (AvgIpc) is 3.21. The zero-order valence-electron chi connectivity index (χ0n) is 19.5. The van der Waals surface area contributed by atoms with Crippen LogP contribution in [0.15, 0.2) is 78.9 Å². The van der Waals surface area contributed by atoms with Gasteiger partial charge >= 0.3 is 0 Å². The third-order valence-electron chi connectivity index (χ3n) is 7.30. The number of para-hydroxylation sites is 2. The van der Waals surface area contributed by atoms with Gasteiger partial charge in [-0.25, -0.2) is 0 Å². The number of unbranched alkanes of at least 4 members (excludes halogenated alkanes) is 3. The van der Waals surface area contributed by atoms with Crippen molar-refractivity contribution in [1.82, 2.24) is 9.47 Å². The largest absolute Gasteiger partial charge is 0.303 e. The maximum absolute atomic E-state index is 13.1. The molecule has 1 aliphatic heterocycles. The third kappa shape index (κ3) is 4.89. The lowest BCUT2D eigenvalue weighted by molar-refractivity contribution is 0.0909. The first-order valence-electron chi connectivity index (χ1n) is 12.6. The monoisotopic (exact) mass is 438 g/mol. The van der Waals surface area contributed by atoms with Crippen LogP contribution in [-0.4, -0.2) is 35.0 Å². The van der Waals surface area contributed by atoms with Crippen LogP contribution in [0.4, 0.5) is 0 Å². The van der Waals surface area contributed by atoms with Gasteiger partial charge in [0.05, 0.1) is 11.0 Å². The SMILES string of the molecule is O=C(CCCCCCN1CCC(c2ccccc2)CC1)n1c2ccccc2c2ccccc21. The number of aromatic nitrogens is 1. The fraction of sp³-hybridized carbons (Fsp3) is 0.367. The minimum absolute atomic E-state index is 0.218. The second kappa shape index (κ2) is 10.4. The van der Waals surface area contributed by atoms with Gasteiger partial charge in [0.1, 0.15) is 0 Å². The van der Waals surface area contributed by atoms with Crippen LogP contribution in [0, 0.1) is 0 Å². The molecule has 4 aromatic rings. The average molecular weight is 439 g/mol. The maximum atomic E-state index is 13.1. The van der Waals surface area contributed by atoms with E-state index in [0.29, 0.717) is 6.42 Å². The molecule has 0 N–H and O–H groups in total. The molecule has 0 spiro atoms. The van der Waals surface area contributed by atoms with Crippen LogP contribution in [-0.2, 0) is 0 Å². The molecule has 0 atom stereocenters. The van der Waals surface area contributed by atoms with Crippen LogP contribution in [0.5, 0.6) is 0 Å². The second-order valence-corrected chi connectivity index (χ2v) is 9.45. The summed E-state index contributed by atoms with van der Waals surface area (Å²) in [5, 5.41) is 2.33. The van der Waals surface area contributed by atoms with Gasteiger partial charge in [0, 0.05) is 17.2 Å². The van der Waals surface area contributed by atoms with E-state index in [1.807, 2.05) is 28.8 Å². The maximum Gasteiger partial charge on any atom is 0.231 e. The van der Waals surface area contributed by atoms with Gasteiger partial charge in [-0.15, -0.1) is 0 Å². The Kier molecular flexibility index (Phi) is 6.87. The van der Waals surface area contributed by atoms with Crippen LogP contribution in [0.2, 0.25) is 0 Å². The molecule has 0 radical (unpaired) electrons. The number of carbonyl (C=O) groups is 1. The molecule has 3 heteroatoms. The Morgan fingerprint density at radius 3 is 1.94 bits per heavy atom. The van der Waals surface area contributed by atoms with E-state index in [1.165, 1.54) is 50.9 Å². The number of fused-ring (bicyclic) bond motifs is 3. The fourth-order valence-electron chi connectivity index (χ4n) is 5.48. The standard InChI is InChI=1S/C30H34N2O/c33-30(32-28-16-9-7-14-26(28)27-15-8-10-17-29(27)32)18-6-1-2-11-21-31-22-19-25(20-23-31)24-12-4-3-5-13-24/h3-5,7-10,12-17,25H,1-2,6,11,18-23H2. The third-order valence-corrected chi connectivity index (χ3v) is 7.30. The molecule has 170 valence electrons. The van der Waals surface area contributed by atoms with Crippen molar-refractivity contribution in [2.24, 2.45) is 0 Å². The Hall–Kier alpha value is -2.91. The van der Waals surface area contributed by atoms with Crippen molar-refractivity contribution in [3.63, 3.8) is 0 Å². The van der Waals surface area contributed by atoms with Gasteiger partial charge in [-0.05, 0) is 68.9 Å². The first kappa shape index (κ1) is 21.9. The lowest BCUT2D eigenvalue weighted by Gasteiger charge is -2.32. The molecule has 0 saturated carbocycles. The molecule has 0 amide bonds. The summed E-state index contributed by atoms with van der Waals surface area (Å²) in [5.41, 5.74) is 3.57. The predicted molar refractivity (Wildman–Crippen MR) is 138 cm³/mol. The summed E-state index contributed by atoms with van der Waals surface area (Å²) in [6, 6.07) is 27.5. The number of hydrogen-bond donors (Lipinski definition) is 0. The van der Waals surface area contributed by atoms with Crippen molar-refractivity contribution in [2.45, 2.75) is 50.9 Å². The van der Waals surface area contributed by atoms with Gasteiger partial charge in [0.15, 0.2) is 0 Å². The molecular formula is C30H34N2O. The summed E-state index contributed by atoms with van der Waals surface area (Å²) in [7, 11) is 0. The molecule has 1 aliphatic rings. The zero-order valence-corrected chi connectivity index (χ0v) is 19.5. The minimum Gasteiger partial charge on any atom is -0.303 e. The van der Waals surface area contributed by atoms with Gasteiger partial charge in [-0.3, -0.25) is 9.36 Å². The highest BCUT2D eigenvalue weighted by Crippen LogP contribution is 2.30. The van der Waals surface area contributed by atoms with Crippen molar-refractivity contribution < 1.29 is 4.79 Å². The fourth-order valence-corrected chi connectivity index (χ4v) is 5.48. The van der Waals surface area contributed by atoms with Crippen LogP contribution in [0.3, 0.4) is 0 Å². The van der Waals surface area contributed by atoms with Crippen molar-refractivity contribution in [3.05, 3.63) is 84.4 Å². The molecule has 0 unspecified atom stereocenters. The predicted octanol–water partition coefficient (Wildman–Crippen LogP) is 7.26. The summed E-state index contributed by atoms with van der Waals surface area (Å²) < 4.78 is 1.93. The number of piperidine rings is 1. The van der Waals surface area contributed by atoms with E-state index in [9.17, 15) is 4.79 Å². The summed E-state index contributed by atoms with van der Waals surface area (Å²) in [4.78, 5) is 15.7. The molecule has 5 rings (SSSR count). The summed E-state index contributed by atoms with van der Waals surface area (Å²) in [6.07, 6.45) is 7.71. The van der Waals surface area contributed by atoms with Crippen LogP contribution in [0.1, 0.15) is 61.2 Å². The van der Waals surface area contributed by atoms with Gasteiger partial charge < -0.3 is 4.90 Å². The summed E-state index contributed by atoms with van der Waals surface area (Å²) >= 11 is 0. The van der Waals surface area contributed by atoms with E-state index in [1.54, 1.807) is 0 Å². The normalized spacial score (nSPS) is 15.4. The van der Waals surface area contributed by atoms with E-state index in [0.717, 1.165) is 40.6 Å². The highest BCUT2D eigenvalue weighted by Gasteiger charge is 2.20. The van der Waals surface area contributed by atoms with E-state index >= 15 is 0 Å². The molecule has 0 aliphatic carbocycles. The topological polar surface area (TPSA) is 25.2 Å². The lowest BCUT2D eigenvalue weighted by Crippen LogP contribution is -2.33. The van der Waals surface area contributed by atoms with Gasteiger partial charge in [-0.1, -0.05) is 79.6 Å². The molecule has 1 saturated heterocycles. The lowest BCUT2D eigenvalue weighted by atomic mass is 9.89.